The zero-order chi connectivity index (χ0) is 12.4. The van der Waals surface area contributed by atoms with Crippen LogP contribution in [0.2, 0.25) is 0 Å². The van der Waals surface area contributed by atoms with E-state index in [0.29, 0.717) is 6.61 Å². The summed E-state index contributed by atoms with van der Waals surface area (Å²) in [4.78, 5) is 9.51. The molecule has 5 nitrogen and oxygen atoms in total. The topological polar surface area (TPSA) is 41.5 Å². The van der Waals surface area contributed by atoms with Gasteiger partial charge in [0.2, 0.25) is 5.13 Å². The van der Waals surface area contributed by atoms with Crippen molar-refractivity contribution in [3.63, 3.8) is 0 Å². The highest BCUT2D eigenvalue weighted by Gasteiger charge is 2.28. The fourth-order valence-corrected chi connectivity index (χ4v) is 3.32. The molecule has 0 atom stereocenters. The fraction of sp³-hybridized carbons (Fsp3) is 0.833. The number of methoxy groups -OCH3 is 1. The third kappa shape index (κ3) is 2.50. The summed E-state index contributed by atoms with van der Waals surface area (Å²) in [6.07, 6.45) is 4.22. The summed E-state index contributed by atoms with van der Waals surface area (Å²) in [6, 6.07) is 0.866. The number of hydrogen-bond acceptors (Lipinski definition) is 6. The van der Waals surface area contributed by atoms with E-state index in [2.05, 4.69) is 19.2 Å². The first-order valence-corrected chi connectivity index (χ1v) is 7.44. The van der Waals surface area contributed by atoms with E-state index in [9.17, 15) is 0 Å². The predicted molar refractivity (Wildman–Crippen MR) is 72.0 cm³/mol. The van der Waals surface area contributed by atoms with Gasteiger partial charge < -0.3 is 9.64 Å². The SMILES string of the molecule is COCc1nsc(N2CCN(C3CCC3)CC2)n1. The van der Waals surface area contributed by atoms with Gasteiger partial charge in [-0.25, -0.2) is 4.98 Å². The summed E-state index contributed by atoms with van der Waals surface area (Å²) in [5, 5.41) is 1.05. The Morgan fingerprint density at radius 2 is 2.06 bits per heavy atom. The summed E-state index contributed by atoms with van der Waals surface area (Å²) in [5.41, 5.74) is 0. The Kier molecular flexibility index (Phi) is 3.77. The molecule has 2 heterocycles. The van der Waals surface area contributed by atoms with Crippen molar-refractivity contribution >= 4 is 16.7 Å². The smallest absolute Gasteiger partial charge is 0.205 e. The van der Waals surface area contributed by atoms with Gasteiger partial charge in [-0.3, -0.25) is 4.90 Å². The third-order valence-corrected chi connectivity index (χ3v) is 4.72. The van der Waals surface area contributed by atoms with E-state index >= 15 is 0 Å². The maximum atomic E-state index is 5.05. The zero-order valence-corrected chi connectivity index (χ0v) is 11.7. The molecule has 100 valence electrons. The van der Waals surface area contributed by atoms with Crippen molar-refractivity contribution in [2.45, 2.75) is 31.9 Å². The summed E-state index contributed by atoms with van der Waals surface area (Å²) >= 11 is 1.49. The Hall–Kier alpha value is -0.720. The van der Waals surface area contributed by atoms with Crippen LogP contribution in [0.3, 0.4) is 0 Å². The van der Waals surface area contributed by atoms with Crippen molar-refractivity contribution < 1.29 is 4.74 Å². The number of hydrogen-bond donors (Lipinski definition) is 0. The summed E-state index contributed by atoms with van der Waals surface area (Å²) in [7, 11) is 1.68. The van der Waals surface area contributed by atoms with Crippen LogP contribution in [0.5, 0.6) is 0 Å². The van der Waals surface area contributed by atoms with E-state index in [4.69, 9.17) is 4.74 Å². The van der Waals surface area contributed by atoms with E-state index in [1.165, 1.54) is 43.9 Å². The maximum Gasteiger partial charge on any atom is 0.205 e. The first kappa shape index (κ1) is 12.3. The lowest BCUT2D eigenvalue weighted by Crippen LogP contribution is -2.52. The molecule has 1 aliphatic heterocycles. The molecular weight excluding hydrogens is 248 g/mol. The van der Waals surface area contributed by atoms with Crippen molar-refractivity contribution in [2.24, 2.45) is 0 Å². The molecule has 1 aromatic rings. The lowest BCUT2D eigenvalue weighted by molar-refractivity contribution is 0.120. The molecule has 0 unspecified atom stereocenters. The molecule has 3 rings (SSSR count). The molecule has 1 saturated carbocycles. The monoisotopic (exact) mass is 268 g/mol. The van der Waals surface area contributed by atoms with Crippen molar-refractivity contribution in [3.05, 3.63) is 5.82 Å². The van der Waals surface area contributed by atoms with E-state index in [1.54, 1.807) is 7.11 Å². The summed E-state index contributed by atoms with van der Waals surface area (Å²) in [5.74, 6) is 0.805. The molecule has 0 radical (unpaired) electrons. The minimum absolute atomic E-state index is 0.512. The van der Waals surface area contributed by atoms with Gasteiger partial charge in [0.1, 0.15) is 6.61 Å². The van der Waals surface area contributed by atoms with Crippen molar-refractivity contribution in [1.82, 2.24) is 14.3 Å². The maximum absolute atomic E-state index is 5.05. The van der Waals surface area contributed by atoms with Crippen LogP contribution in [0, 0.1) is 0 Å². The molecule has 6 heteroatoms. The third-order valence-electron chi connectivity index (χ3n) is 3.91. The first-order valence-electron chi connectivity index (χ1n) is 6.67. The highest BCUT2D eigenvalue weighted by Crippen LogP contribution is 2.27. The van der Waals surface area contributed by atoms with Gasteiger partial charge in [-0.1, -0.05) is 6.42 Å². The minimum Gasteiger partial charge on any atom is -0.377 e. The highest BCUT2D eigenvalue weighted by atomic mass is 32.1. The minimum atomic E-state index is 0.512. The lowest BCUT2D eigenvalue weighted by Gasteiger charge is -2.42. The van der Waals surface area contributed by atoms with Gasteiger partial charge in [0.05, 0.1) is 0 Å². The Morgan fingerprint density at radius 1 is 1.28 bits per heavy atom. The van der Waals surface area contributed by atoms with Crippen molar-refractivity contribution in [2.75, 3.05) is 38.2 Å². The number of piperazine rings is 1. The molecule has 2 fully saturated rings. The average Bonchev–Trinajstić information content (AvgIpc) is 2.77. The molecule has 18 heavy (non-hydrogen) atoms. The number of ether oxygens (including phenoxy) is 1. The molecule has 1 saturated heterocycles. The van der Waals surface area contributed by atoms with E-state index in [1.807, 2.05) is 0 Å². The van der Waals surface area contributed by atoms with Gasteiger partial charge in [-0.05, 0) is 12.8 Å². The number of anilines is 1. The average molecular weight is 268 g/mol. The van der Waals surface area contributed by atoms with Crippen LogP contribution >= 0.6 is 11.5 Å². The Morgan fingerprint density at radius 3 is 2.67 bits per heavy atom. The second kappa shape index (κ2) is 5.50. The molecule has 0 N–H and O–H groups in total. The molecule has 0 bridgehead atoms. The van der Waals surface area contributed by atoms with Gasteiger partial charge in [0, 0.05) is 50.9 Å². The van der Waals surface area contributed by atoms with E-state index < -0.39 is 0 Å². The van der Waals surface area contributed by atoms with Crippen LogP contribution in [-0.2, 0) is 11.3 Å². The van der Waals surface area contributed by atoms with Gasteiger partial charge in [-0.15, -0.1) is 0 Å². The van der Waals surface area contributed by atoms with Gasteiger partial charge in [0.25, 0.3) is 0 Å². The van der Waals surface area contributed by atoms with Gasteiger partial charge in [0.15, 0.2) is 5.82 Å². The molecule has 1 aromatic heterocycles. The largest absolute Gasteiger partial charge is 0.377 e. The van der Waals surface area contributed by atoms with Crippen LogP contribution in [-0.4, -0.2) is 53.6 Å². The highest BCUT2D eigenvalue weighted by molar-refractivity contribution is 7.09. The Bertz CT molecular complexity index is 385. The van der Waals surface area contributed by atoms with Crippen LogP contribution in [0.1, 0.15) is 25.1 Å². The second-order valence-electron chi connectivity index (χ2n) is 5.03. The molecule has 0 amide bonds. The molecule has 1 aliphatic carbocycles. The van der Waals surface area contributed by atoms with Crippen LogP contribution in [0.25, 0.3) is 0 Å². The number of nitrogens with zero attached hydrogens (tertiary/aromatic N) is 4. The van der Waals surface area contributed by atoms with Gasteiger partial charge >= 0.3 is 0 Å². The molecular formula is C12H20N4OS. The lowest BCUT2D eigenvalue weighted by atomic mass is 9.91. The summed E-state index contributed by atoms with van der Waals surface area (Å²) < 4.78 is 9.37. The standard InChI is InChI=1S/C12H20N4OS/c1-17-9-11-13-12(18-14-11)16-7-5-15(6-8-16)10-3-2-4-10/h10H,2-9H2,1H3. The second-order valence-corrected chi connectivity index (χ2v) is 5.76. The van der Waals surface area contributed by atoms with Crippen LogP contribution in [0.4, 0.5) is 5.13 Å². The van der Waals surface area contributed by atoms with Crippen LogP contribution in [0.15, 0.2) is 0 Å². The number of rotatable bonds is 4. The Labute approximate surface area is 112 Å². The zero-order valence-electron chi connectivity index (χ0n) is 10.8. The first-order chi connectivity index (χ1) is 8.86. The molecule has 0 aromatic carbocycles. The normalized spacial score (nSPS) is 22.2. The van der Waals surface area contributed by atoms with Crippen molar-refractivity contribution in [1.29, 1.82) is 0 Å². The van der Waals surface area contributed by atoms with E-state index in [0.717, 1.165) is 30.1 Å². The predicted octanol–water partition coefficient (Wildman–Crippen LogP) is 1.36. The fourth-order valence-electron chi connectivity index (χ4n) is 2.59. The van der Waals surface area contributed by atoms with Crippen molar-refractivity contribution in [3.8, 4) is 0 Å². The number of aromatic nitrogens is 2. The van der Waals surface area contributed by atoms with E-state index in [-0.39, 0.29) is 0 Å². The quantitative estimate of drug-likeness (QED) is 0.825. The van der Waals surface area contributed by atoms with Gasteiger partial charge in [-0.2, -0.15) is 4.37 Å². The summed E-state index contributed by atoms with van der Waals surface area (Å²) in [6.45, 7) is 5.02. The Balaban J connectivity index is 1.54. The molecule has 2 aliphatic rings. The molecule has 0 spiro atoms. The van der Waals surface area contributed by atoms with Crippen LogP contribution < -0.4 is 4.90 Å².